The molecule has 1 fully saturated rings. The first-order chi connectivity index (χ1) is 23.4. The van der Waals surface area contributed by atoms with E-state index in [1.54, 1.807) is 6.07 Å². The van der Waals surface area contributed by atoms with E-state index >= 15 is 0 Å². The maximum Gasteiger partial charge on any atom is 0.477 e. The van der Waals surface area contributed by atoms with Gasteiger partial charge in [-0.2, -0.15) is 14.0 Å². The quantitative estimate of drug-likeness (QED) is 0.135. The van der Waals surface area contributed by atoms with Gasteiger partial charge in [-0.15, -0.1) is 10.1 Å². The smallest absolute Gasteiger partial charge is 0.477 e. The van der Waals surface area contributed by atoms with Gasteiger partial charge in [0.1, 0.15) is 22.0 Å². The van der Waals surface area contributed by atoms with E-state index in [0.29, 0.717) is 41.9 Å². The van der Waals surface area contributed by atoms with E-state index in [1.807, 2.05) is 31.5 Å². The summed E-state index contributed by atoms with van der Waals surface area (Å²) in [7, 11) is -2.95. The number of nitrogens with one attached hydrogen (secondary N) is 1. The minimum atomic E-state index is -4.06. The van der Waals surface area contributed by atoms with Gasteiger partial charge in [-0.05, 0) is 62.3 Å². The molecule has 0 bridgehead atoms. The van der Waals surface area contributed by atoms with Crippen LogP contribution >= 0.6 is 0 Å². The van der Waals surface area contributed by atoms with Crippen LogP contribution < -0.4 is 10.3 Å². The van der Waals surface area contributed by atoms with Crippen LogP contribution in [0.25, 0.3) is 22.4 Å². The highest BCUT2D eigenvalue weighted by Crippen LogP contribution is 2.37. The molecule has 3 aromatic rings. The monoisotopic (exact) mass is 709 g/mol. The number of aromatic amines is 1. The van der Waals surface area contributed by atoms with Crippen LogP contribution in [-0.4, -0.2) is 88.2 Å². The van der Waals surface area contributed by atoms with Crippen molar-refractivity contribution in [3.63, 3.8) is 0 Å². The number of ether oxygens (including phenoxy) is 1. The predicted molar refractivity (Wildman–Crippen MR) is 176 cm³/mol. The van der Waals surface area contributed by atoms with Crippen LogP contribution in [0.4, 0.5) is 0 Å². The second-order valence-electron chi connectivity index (χ2n) is 11.9. The molecule has 0 saturated carbocycles. The fourth-order valence-electron chi connectivity index (χ4n) is 6.26. The topological polar surface area (TPSA) is 208 Å². The first-order valence-corrected chi connectivity index (χ1v) is 17.9. The molecule has 17 nitrogen and oxygen atoms in total. The number of hydrogen-bond donors (Lipinski definition) is 2. The summed E-state index contributed by atoms with van der Waals surface area (Å²) in [4.78, 5) is 56.8. The Morgan fingerprint density at radius 2 is 1.78 bits per heavy atom. The van der Waals surface area contributed by atoms with Crippen LogP contribution in [0.5, 0.6) is 5.75 Å². The van der Waals surface area contributed by atoms with Crippen molar-refractivity contribution in [2.45, 2.75) is 82.8 Å². The third-order valence-electron chi connectivity index (χ3n) is 8.79. The first-order valence-electron chi connectivity index (χ1n) is 16.4. The van der Waals surface area contributed by atoms with Crippen molar-refractivity contribution in [2.24, 2.45) is 5.92 Å². The summed E-state index contributed by atoms with van der Waals surface area (Å²) < 4.78 is 37.1. The van der Waals surface area contributed by atoms with E-state index in [9.17, 15) is 33.3 Å². The molecule has 1 aliphatic rings. The summed E-state index contributed by atoms with van der Waals surface area (Å²) in [5, 5.41) is 21.1. The number of hydrogen-bond acceptors (Lipinski definition) is 12. The second kappa shape index (κ2) is 16.4. The number of piperidine rings is 1. The fourth-order valence-corrected chi connectivity index (χ4v) is 7.75. The molecule has 0 spiro atoms. The van der Waals surface area contributed by atoms with E-state index in [1.165, 1.54) is 16.4 Å². The molecular weight excluding hydrogens is 664 g/mol. The summed E-state index contributed by atoms with van der Waals surface area (Å²) in [6.45, 7) is 6.34. The molecule has 270 valence electrons. The lowest BCUT2D eigenvalue weighted by Crippen LogP contribution is -2.48. The summed E-state index contributed by atoms with van der Waals surface area (Å²) in [6, 6.07) is 4.47. The lowest BCUT2D eigenvalue weighted by Gasteiger charge is -2.40. The minimum absolute atomic E-state index is 0.0226. The van der Waals surface area contributed by atoms with Gasteiger partial charge in [-0.3, -0.25) is 4.79 Å². The van der Waals surface area contributed by atoms with Gasteiger partial charge < -0.3 is 24.2 Å². The Hall–Kier alpha value is -4.29. The summed E-state index contributed by atoms with van der Waals surface area (Å²) in [6.07, 6.45) is 4.45. The normalized spacial score (nSPS) is 15.5. The van der Waals surface area contributed by atoms with Crippen molar-refractivity contribution < 1.29 is 42.9 Å². The molecule has 1 aromatic carbocycles. The fraction of sp³-hybridized carbons (Fsp3) is 0.613. The molecule has 4 rings (SSSR count). The lowest BCUT2D eigenvalue weighted by molar-refractivity contribution is -0.977. The van der Waals surface area contributed by atoms with Gasteiger partial charge in [0.05, 0.1) is 34.8 Å². The van der Waals surface area contributed by atoms with E-state index in [0.717, 1.165) is 25.5 Å². The number of nitrogens with zero attached hydrogens (tertiary/aromatic N) is 5. The van der Waals surface area contributed by atoms with Crippen LogP contribution in [0.2, 0.25) is 0 Å². The Bertz CT molecular complexity index is 1790. The number of fused-ring (bicyclic) bond motifs is 1. The molecule has 18 heteroatoms. The van der Waals surface area contributed by atoms with E-state index in [4.69, 9.17) is 14.6 Å². The third-order valence-corrected chi connectivity index (χ3v) is 10.7. The largest absolute Gasteiger partial charge is 0.493 e. The predicted octanol–water partition coefficient (Wildman–Crippen LogP) is 3.55. The molecule has 0 aliphatic carbocycles. The number of benzene rings is 1. The zero-order chi connectivity index (χ0) is 35.8. The maximum absolute atomic E-state index is 14.0. The molecule has 1 aliphatic heterocycles. The summed E-state index contributed by atoms with van der Waals surface area (Å²) in [5.74, 6) is 0.0953. The Kier molecular flexibility index (Phi) is 12.6. The summed E-state index contributed by atoms with van der Waals surface area (Å²) >= 11 is 0. The Balaban J connectivity index is 1.62. The molecule has 0 radical (unpaired) electrons. The van der Waals surface area contributed by atoms with E-state index in [-0.39, 0.29) is 66.7 Å². The van der Waals surface area contributed by atoms with Crippen LogP contribution in [0.3, 0.4) is 0 Å². The zero-order valence-electron chi connectivity index (χ0n) is 28.3. The average molecular weight is 710 g/mol. The Morgan fingerprint density at radius 3 is 2.39 bits per heavy atom. The minimum Gasteiger partial charge on any atom is -0.493 e. The van der Waals surface area contributed by atoms with Crippen molar-refractivity contribution in [3.8, 4) is 17.1 Å². The second-order valence-corrected chi connectivity index (χ2v) is 13.8. The molecule has 1 atom stereocenters. The van der Waals surface area contributed by atoms with Crippen LogP contribution in [-0.2, 0) is 37.5 Å². The van der Waals surface area contributed by atoms with E-state index in [2.05, 4.69) is 14.7 Å². The molecule has 1 unspecified atom stereocenters. The highest BCUT2D eigenvalue weighted by atomic mass is 32.2. The molecule has 2 N–H and O–H groups in total. The zero-order valence-corrected chi connectivity index (χ0v) is 29.1. The number of rotatable bonds is 19. The van der Waals surface area contributed by atoms with Gasteiger partial charge >= 0.3 is 5.09 Å². The van der Waals surface area contributed by atoms with Crippen LogP contribution in [0, 0.1) is 20.9 Å². The molecule has 0 amide bonds. The van der Waals surface area contributed by atoms with Crippen molar-refractivity contribution in [1.29, 1.82) is 0 Å². The Labute approximate surface area is 283 Å². The maximum atomic E-state index is 14.0. The van der Waals surface area contributed by atoms with Crippen molar-refractivity contribution >= 4 is 21.1 Å². The molecular formula is C31H45N6O11S+. The number of aromatic nitrogens is 3. The molecule has 3 heterocycles. The summed E-state index contributed by atoms with van der Waals surface area (Å²) in [5.41, 5.74) is 0.389. The highest BCUT2D eigenvalue weighted by Gasteiger charge is 2.41. The van der Waals surface area contributed by atoms with Gasteiger partial charge in [0, 0.05) is 38.7 Å². The first kappa shape index (κ1) is 37.5. The molecule has 49 heavy (non-hydrogen) atoms. The number of aryl methyl sites for hydroxylation is 2. The standard InChI is InChI=1S/C31H44N6O11S/c1-5-8-22-21-34(7-3)28-27(22)32-29(33-30(28)38)25-20-24(9-10-26(25)46-17-6-2)49(43,44)35-15-11-23(12-16-35)31(39,13-18-47-36(40)41)14-19-48-37(42)45-4/h9-10,20-21,23,39H,5-8,11-19H2,1-4H3/p+1. The Morgan fingerprint density at radius 1 is 1.08 bits per heavy atom. The van der Waals surface area contributed by atoms with Gasteiger partial charge in [-0.25, -0.2) is 13.4 Å². The van der Waals surface area contributed by atoms with Crippen LogP contribution in [0.15, 0.2) is 34.1 Å². The highest BCUT2D eigenvalue weighted by molar-refractivity contribution is 7.89. The number of H-pyrrole nitrogens is 1. The van der Waals surface area contributed by atoms with Gasteiger partial charge in [0.2, 0.25) is 10.0 Å². The number of aliphatic hydroxyl groups is 1. The van der Waals surface area contributed by atoms with Gasteiger partial charge in [0.15, 0.2) is 13.7 Å². The molecule has 2 aromatic heterocycles. The number of sulfonamides is 1. The van der Waals surface area contributed by atoms with E-state index < -0.39 is 33.2 Å². The molecule has 1 saturated heterocycles. The average Bonchev–Trinajstić information content (AvgIpc) is 3.45. The van der Waals surface area contributed by atoms with Gasteiger partial charge in [-0.1, -0.05) is 20.3 Å². The van der Waals surface area contributed by atoms with Gasteiger partial charge in [0.25, 0.3) is 10.6 Å². The van der Waals surface area contributed by atoms with Crippen molar-refractivity contribution in [3.05, 3.63) is 55.3 Å². The van der Waals surface area contributed by atoms with Crippen molar-refractivity contribution in [1.82, 2.24) is 18.8 Å². The third kappa shape index (κ3) is 8.66. The lowest BCUT2D eigenvalue weighted by atomic mass is 9.77. The van der Waals surface area contributed by atoms with Crippen LogP contribution in [0.1, 0.15) is 64.9 Å². The van der Waals surface area contributed by atoms with Crippen molar-refractivity contribution in [2.75, 3.05) is 40.0 Å². The SMILES string of the molecule is CCCOc1ccc(S(=O)(=O)N2CCC(C(O)(CCO[N+](=O)[O-])CCO[N+](=O)OC)CC2)cc1-c1nc2c(CCC)cn(CC)c2c(=O)[nH]1.